The Kier molecular flexibility index (Phi) is 5.42. The molecule has 3 N–H and O–H groups in total. The largest absolute Gasteiger partial charge is 0.409 e. The van der Waals surface area contributed by atoms with Gasteiger partial charge >= 0.3 is 0 Å². The summed E-state index contributed by atoms with van der Waals surface area (Å²) in [5.41, 5.74) is 5.32. The molecule has 0 aliphatic rings. The molecule has 6 nitrogen and oxygen atoms in total. The number of nitrogens with zero attached hydrogens (tertiary/aromatic N) is 2. The van der Waals surface area contributed by atoms with Gasteiger partial charge in [-0.25, -0.2) is 8.42 Å². The van der Waals surface area contributed by atoms with Gasteiger partial charge in [-0.3, -0.25) is 0 Å². The standard InChI is InChI=1S/C10H13Cl2N3O3S/c1-2-15(6-10(13)14-16)19(17,18)7-3-4-8(11)9(12)5-7/h3-5,16H,2,6H2,1H3,(H2,13,14). The molecule has 0 aromatic heterocycles. The Morgan fingerprint density at radius 3 is 2.53 bits per heavy atom. The quantitative estimate of drug-likeness (QED) is 0.373. The van der Waals surface area contributed by atoms with E-state index in [2.05, 4.69) is 5.16 Å². The third-order valence-corrected chi connectivity index (χ3v) is 5.00. The van der Waals surface area contributed by atoms with Crippen molar-refractivity contribution in [2.45, 2.75) is 11.8 Å². The van der Waals surface area contributed by atoms with Crippen LogP contribution in [0.4, 0.5) is 0 Å². The van der Waals surface area contributed by atoms with Gasteiger partial charge in [0, 0.05) is 6.54 Å². The van der Waals surface area contributed by atoms with Crippen molar-refractivity contribution >= 4 is 39.1 Å². The first kappa shape index (κ1) is 16.0. The van der Waals surface area contributed by atoms with Crippen molar-refractivity contribution in [3.63, 3.8) is 0 Å². The molecule has 0 bridgehead atoms. The van der Waals surface area contributed by atoms with Gasteiger partial charge in [-0.15, -0.1) is 0 Å². The van der Waals surface area contributed by atoms with Crippen LogP contribution in [0.25, 0.3) is 0 Å². The predicted molar refractivity (Wildman–Crippen MR) is 74.3 cm³/mol. The molecule has 0 fully saturated rings. The van der Waals surface area contributed by atoms with Crippen LogP contribution in [0.15, 0.2) is 28.3 Å². The summed E-state index contributed by atoms with van der Waals surface area (Å²) in [5.74, 6) is -0.203. The van der Waals surface area contributed by atoms with E-state index in [-0.39, 0.29) is 33.9 Å². The second-order valence-electron chi connectivity index (χ2n) is 3.60. The van der Waals surface area contributed by atoms with Crippen LogP contribution >= 0.6 is 23.2 Å². The SMILES string of the molecule is CCN(CC(N)=NO)S(=O)(=O)c1ccc(Cl)c(Cl)c1. The van der Waals surface area contributed by atoms with Gasteiger partial charge < -0.3 is 10.9 Å². The maximum absolute atomic E-state index is 12.3. The lowest BCUT2D eigenvalue weighted by Crippen LogP contribution is -2.38. The summed E-state index contributed by atoms with van der Waals surface area (Å²) in [5, 5.41) is 11.7. The molecule has 0 atom stereocenters. The zero-order valence-corrected chi connectivity index (χ0v) is 12.4. The molecule has 0 aliphatic heterocycles. The Hall–Kier alpha value is -1.02. The lowest BCUT2D eigenvalue weighted by atomic mass is 10.4. The summed E-state index contributed by atoms with van der Waals surface area (Å²) in [6.07, 6.45) is 0. The van der Waals surface area contributed by atoms with Crippen molar-refractivity contribution in [3.05, 3.63) is 28.2 Å². The summed E-state index contributed by atoms with van der Waals surface area (Å²) >= 11 is 11.5. The highest BCUT2D eigenvalue weighted by molar-refractivity contribution is 7.89. The van der Waals surface area contributed by atoms with E-state index in [1.807, 2.05) is 0 Å². The van der Waals surface area contributed by atoms with E-state index in [0.29, 0.717) is 0 Å². The van der Waals surface area contributed by atoms with E-state index in [9.17, 15) is 8.42 Å². The van der Waals surface area contributed by atoms with E-state index in [4.69, 9.17) is 34.1 Å². The minimum absolute atomic E-state index is 0.00510. The fraction of sp³-hybridized carbons (Fsp3) is 0.300. The number of sulfonamides is 1. The first-order valence-corrected chi connectivity index (χ1v) is 7.44. The minimum Gasteiger partial charge on any atom is -0.409 e. The average molecular weight is 326 g/mol. The Balaban J connectivity index is 3.16. The molecule has 0 heterocycles. The van der Waals surface area contributed by atoms with Crippen LogP contribution in [0.3, 0.4) is 0 Å². The van der Waals surface area contributed by atoms with Crippen LogP contribution in [0.1, 0.15) is 6.92 Å². The Bertz CT molecular complexity index is 590. The second-order valence-corrected chi connectivity index (χ2v) is 6.35. The van der Waals surface area contributed by atoms with E-state index >= 15 is 0 Å². The number of hydrogen-bond donors (Lipinski definition) is 2. The monoisotopic (exact) mass is 325 g/mol. The van der Waals surface area contributed by atoms with E-state index in [1.54, 1.807) is 6.92 Å². The topological polar surface area (TPSA) is 96.0 Å². The van der Waals surface area contributed by atoms with Crippen molar-refractivity contribution in [2.75, 3.05) is 13.1 Å². The van der Waals surface area contributed by atoms with E-state index in [1.165, 1.54) is 18.2 Å². The molecule has 0 saturated heterocycles. The number of hydrogen-bond acceptors (Lipinski definition) is 4. The summed E-state index contributed by atoms with van der Waals surface area (Å²) < 4.78 is 25.7. The van der Waals surface area contributed by atoms with Crippen molar-refractivity contribution in [3.8, 4) is 0 Å². The van der Waals surface area contributed by atoms with Crippen LogP contribution < -0.4 is 5.73 Å². The first-order valence-electron chi connectivity index (χ1n) is 5.24. The molecule has 0 radical (unpaired) electrons. The highest BCUT2D eigenvalue weighted by Crippen LogP contribution is 2.26. The number of likely N-dealkylation sites (N-methyl/N-ethyl adjacent to an activating group) is 1. The highest BCUT2D eigenvalue weighted by atomic mass is 35.5. The van der Waals surface area contributed by atoms with E-state index < -0.39 is 10.0 Å². The number of rotatable bonds is 5. The Labute approximate surface area is 121 Å². The van der Waals surface area contributed by atoms with Crippen LogP contribution in [0.2, 0.25) is 10.0 Å². The van der Waals surface area contributed by atoms with Crippen LogP contribution in [-0.2, 0) is 10.0 Å². The minimum atomic E-state index is -3.78. The van der Waals surface area contributed by atoms with Gasteiger partial charge in [0.1, 0.15) is 0 Å². The second kappa shape index (κ2) is 6.42. The van der Waals surface area contributed by atoms with E-state index in [0.717, 1.165) is 4.31 Å². The molecule has 0 unspecified atom stereocenters. The fourth-order valence-corrected chi connectivity index (χ4v) is 3.18. The number of nitrogens with two attached hydrogens (primary N) is 1. The maximum Gasteiger partial charge on any atom is 0.243 e. The first-order chi connectivity index (χ1) is 8.82. The smallest absolute Gasteiger partial charge is 0.243 e. The number of amidine groups is 1. The lowest BCUT2D eigenvalue weighted by Gasteiger charge is -2.19. The number of benzene rings is 1. The van der Waals surface area contributed by atoms with Gasteiger partial charge in [0.15, 0.2) is 5.84 Å². The normalized spacial score (nSPS) is 12.9. The van der Waals surface area contributed by atoms with Gasteiger partial charge in [0.25, 0.3) is 0 Å². The summed E-state index contributed by atoms with van der Waals surface area (Å²) in [7, 11) is -3.78. The molecule has 1 rings (SSSR count). The molecular weight excluding hydrogens is 313 g/mol. The average Bonchev–Trinajstić information content (AvgIpc) is 2.38. The van der Waals surface area contributed by atoms with Crippen LogP contribution in [0, 0.1) is 0 Å². The van der Waals surface area contributed by atoms with Crippen molar-refractivity contribution in [2.24, 2.45) is 10.9 Å². The number of oxime groups is 1. The van der Waals surface area contributed by atoms with Crippen LogP contribution in [0.5, 0.6) is 0 Å². The van der Waals surface area contributed by atoms with Crippen molar-refractivity contribution in [1.29, 1.82) is 0 Å². The van der Waals surface area contributed by atoms with Gasteiger partial charge in [0.2, 0.25) is 10.0 Å². The van der Waals surface area contributed by atoms with Gasteiger partial charge in [-0.1, -0.05) is 35.3 Å². The summed E-state index contributed by atoms with van der Waals surface area (Å²) in [6.45, 7) is 1.59. The molecule has 0 spiro atoms. The summed E-state index contributed by atoms with van der Waals surface area (Å²) in [4.78, 5) is -0.00510. The molecule has 106 valence electrons. The molecule has 19 heavy (non-hydrogen) atoms. The molecule has 0 aliphatic carbocycles. The van der Waals surface area contributed by atoms with Crippen LogP contribution in [-0.4, -0.2) is 36.9 Å². The van der Waals surface area contributed by atoms with Gasteiger partial charge in [-0.2, -0.15) is 4.31 Å². The predicted octanol–water partition coefficient (Wildman–Crippen LogP) is 1.75. The molecular formula is C10H13Cl2N3O3S. The summed E-state index contributed by atoms with van der Waals surface area (Å²) in [6, 6.07) is 4.00. The fourth-order valence-electron chi connectivity index (χ4n) is 1.37. The van der Waals surface area contributed by atoms with Crippen molar-refractivity contribution < 1.29 is 13.6 Å². The molecule has 1 aromatic carbocycles. The number of halogens is 2. The van der Waals surface area contributed by atoms with Gasteiger partial charge in [0.05, 0.1) is 21.5 Å². The zero-order valence-electron chi connectivity index (χ0n) is 10.0. The Morgan fingerprint density at radius 2 is 2.05 bits per heavy atom. The third-order valence-electron chi connectivity index (χ3n) is 2.35. The third kappa shape index (κ3) is 3.73. The van der Waals surface area contributed by atoms with Gasteiger partial charge in [-0.05, 0) is 18.2 Å². The zero-order chi connectivity index (χ0) is 14.6. The highest BCUT2D eigenvalue weighted by Gasteiger charge is 2.24. The molecule has 0 amide bonds. The molecule has 0 saturated carbocycles. The molecule has 9 heteroatoms. The van der Waals surface area contributed by atoms with Crippen molar-refractivity contribution in [1.82, 2.24) is 4.31 Å². The molecule has 1 aromatic rings. The lowest BCUT2D eigenvalue weighted by molar-refractivity contribution is 0.315. The Morgan fingerprint density at radius 1 is 1.42 bits per heavy atom. The maximum atomic E-state index is 12.3.